The highest BCUT2D eigenvalue weighted by molar-refractivity contribution is 5.93. The molecular formula is C27H30N4O7. The lowest BCUT2D eigenvalue weighted by atomic mass is 10.1. The zero-order valence-electron chi connectivity index (χ0n) is 21.0. The van der Waals surface area contributed by atoms with Crippen LogP contribution in [0.5, 0.6) is 5.75 Å². The van der Waals surface area contributed by atoms with Gasteiger partial charge in [0.2, 0.25) is 5.91 Å². The maximum atomic E-state index is 13.0. The number of benzene rings is 2. The number of aldehydes is 2. The molecule has 200 valence electrons. The molecule has 0 fully saturated rings. The quantitative estimate of drug-likeness (QED) is 0.228. The number of hydrogen-bond donors (Lipinski definition) is 4. The van der Waals surface area contributed by atoms with Crippen molar-refractivity contribution in [2.45, 2.75) is 38.6 Å². The highest BCUT2D eigenvalue weighted by Gasteiger charge is 2.26. The van der Waals surface area contributed by atoms with Gasteiger partial charge in [0, 0.05) is 24.7 Å². The molecule has 38 heavy (non-hydrogen) atoms. The number of hydrogen-bond acceptors (Lipinski definition) is 9. The van der Waals surface area contributed by atoms with Gasteiger partial charge in [-0.15, -0.1) is 0 Å². The molecule has 11 heteroatoms. The van der Waals surface area contributed by atoms with Gasteiger partial charge in [-0.25, -0.2) is 0 Å². The van der Waals surface area contributed by atoms with Crippen molar-refractivity contribution in [3.63, 3.8) is 0 Å². The van der Waals surface area contributed by atoms with Gasteiger partial charge in [0.15, 0.2) is 5.69 Å². The fourth-order valence-corrected chi connectivity index (χ4v) is 3.41. The maximum absolute atomic E-state index is 13.0. The Kier molecular flexibility index (Phi) is 10.3. The summed E-state index contributed by atoms with van der Waals surface area (Å²) in [6.45, 7) is 3.49. The third kappa shape index (κ3) is 8.36. The highest BCUT2D eigenvalue weighted by Crippen LogP contribution is 2.12. The van der Waals surface area contributed by atoms with Crippen LogP contribution in [0, 0.1) is 13.8 Å². The lowest BCUT2D eigenvalue weighted by Crippen LogP contribution is -2.54. The van der Waals surface area contributed by atoms with Gasteiger partial charge in [0.05, 0.1) is 6.10 Å². The van der Waals surface area contributed by atoms with E-state index in [2.05, 4.69) is 21.1 Å². The second-order valence-electron chi connectivity index (χ2n) is 8.69. The molecule has 1 heterocycles. The summed E-state index contributed by atoms with van der Waals surface area (Å²) in [6.07, 6.45) is -0.290. The molecule has 0 aliphatic rings. The summed E-state index contributed by atoms with van der Waals surface area (Å²) in [7, 11) is 0. The van der Waals surface area contributed by atoms with Crippen molar-refractivity contribution in [3.05, 3.63) is 82.7 Å². The van der Waals surface area contributed by atoms with Gasteiger partial charge in [-0.3, -0.25) is 14.4 Å². The SMILES string of the molecule is Cc1ccc(CNC(=O)[C@H](COc2cccc(C=O)c2)NC[C@H](O)[C@@H](C=O)NC(=O)c2cc(C)on2)cc1. The molecule has 11 nitrogen and oxygen atoms in total. The van der Waals surface area contributed by atoms with Gasteiger partial charge in [-0.05, 0) is 31.5 Å². The number of amides is 2. The van der Waals surface area contributed by atoms with Gasteiger partial charge in [0.1, 0.15) is 42.8 Å². The normalized spacial score (nSPS) is 13.1. The summed E-state index contributed by atoms with van der Waals surface area (Å²) in [5, 5.41) is 22.3. The van der Waals surface area contributed by atoms with Crippen LogP contribution < -0.4 is 20.7 Å². The van der Waals surface area contributed by atoms with Crippen LogP contribution in [0.25, 0.3) is 0 Å². The number of nitrogens with one attached hydrogen (secondary N) is 3. The summed E-state index contributed by atoms with van der Waals surface area (Å²) in [5.74, 6) is -0.301. The zero-order chi connectivity index (χ0) is 27.5. The molecule has 0 unspecified atom stereocenters. The van der Waals surface area contributed by atoms with Crippen molar-refractivity contribution in [2.24, 2.45) is 0 Å². The Morgan fingerprint density at radius 2 is 1.87 bits per heavy atom. The van der Waals surface area contributed by atoms with Gasteiger partial charge in [0.25, 0.3) is 5.91 Å². The summed E-state index contributed by atoms with van der Waals surface area (Å²) < 4.78 is 10.6. The first-order chi connectivity index (χ1) is 18.3. The van der Waals surface area contributed by atoms with Crippen LogP contribution in [0.3, 0.4) is 0 Å². The van der Waals surface area contributed by atoms with Gasteiger partial charge in [-0.1, -0.05) is 47.1 Å². The van der Waals surface area contributed by atoms with Crippen molar-refractivity contribution in [3.8, 4) is 5.75 Å². The number of carbonyl (C=O) groups is 4. The zero-order valence-corrected chi connectivity index (χ0v) is 21.0. The first kappa shape index (κ1) is 28.2. The van der Waals surface area contributed by atoms with Crippen molar-refractivity contribution in [1.29, 1.82) is 0 Å². The summed E-state index contributed by atoms with van der Waals surface area (Å²) >= 11 is 0. The maximum Gasteiger partial charge on any atom is 0.274 e. The Bertz CT molecular complexity index is 1240. The Balaban J connectivity index is 1.63. The van der Waals surface area contributed by atoms with Crippen LogP contribution in [-0.4, -0.2) is 66.0 Å². The van der Waals surface area contributed by atoms with E-state index < -0.39 is 30.0 Å². The third-order valence-corrected chi connectivity index (χ3v) is 5.61. The molecule has 2 amide bonds. The number of nitrogens with zero attached hydrogens (tertiary/aromatic N) is 1. The Morgan fingerprint density at radius 3 is 2.53 bits per heavy atom. The average Bonchev–Trinajstić information content (AvgIpc) is 3.37. The lowest BCUT2D eigenvalue weighted by Gasteiger charge is -2.23. The highest BCUT2D eigenvalue weighted by atomic mass is 16.5. The fourth-order valence-electron chi connectivity index (χ4n) is 3.41. The van der Waals surface area contributed by atoms with E-state index in [4.69, 9.17) is 9.26 Å². The van der Waals surface area contributed by atoms with E-state index in [9.17, 15) is 24.3 Å². The van der Waals surface area contributed by atoms with Gasteiger partial charge < -0.3 is 35.1 Å². The largest absolute Gasteiger partial charge is 0.491 e. The number of carbonyl (C=O) groups excluding carboxylic acids is 4. The minimum absolute atomic E-state index is 0.0335. The number of aliphatic hydroxyl groups is 1. The van der Waals surface area contributed by atoms with Gasteiger partial charge >= 0.3 is 0 Å². The molecule has 1 aromatic heterocycles. The summed E-state index contributed by atoms with van der Waals surface area (Å²) in [5.41, 5.74) is 2.37. The van der Waals surface area contributed by atoms with Crippen molar-refractivity contribution >= 4 is 24.4 Å². The van der Waals surface area contributed by atoms with E-state index in [-0.39, 0.29) is 25.4 Å². The lowest BCUT2D eigenvalue weighted by molar-refractivity contribution is -0.124. The molecule has 3 aromatic rings. The smallest absolute Gasteiger partial charge is 0.274 e. The predicted octanol–water partition coefficient (Wildman–Crippen LogP) is 1.12. The summed E-state index contributed by atoms with van der Waals surface area (Å²) in [4.78, 5) is 47.9. The third-order valence-electron chi connectivity index (χ3n) is 5.61. The Labute approximate surface area is 219 Å². The Hall–Kier alpha value is -4.35. The first-order valence-corrected chi connectivity index (χ1v) is 11.9. The number of aryl methyl sites for hydroxylation is 2. The molecule has 0 aliphatic heterocycles. The monoisotopic (exact) mass is 522 g/mol. The van der Waals surface area contributed by atoms with Crippen molar-refractivity contribution in [2.75, 3.05) is 13.2 Å². The second kappa shape index (κ2) is 13.8. The van der Waals surface area contributed by atoms with E-state index in [1.54, 1.807) is 25.1 Å². The van der Waals surface area contributed by atoms with E-state index in [1.807, 2.05) is 31.2 Å². The van der Waals surface area contributed by atoms with Crippen LogP contribution in [0.2, 0.25) is 0 Å². The summed E-state index contributed by atoms with van der Waals surface area (Å²) in [6, 6.07) is 13.3. The Morgan fingerprint density at radius 1 is 1.11 bits per heavy atom. The fraction of sp³-hybridized carbons (Fsp3) is 0.296. The molecule has 0 spiro atoms. The van der Waals surface area contributed by atoms with Crippen LogP contribution in [0.15, 0.2) is 59.1 Å². The number of aromatic nitrogens is 1. The van der Waals surface area contributed by atoms with Crippen LogP contribution in [-0.2, 0) is 16.1 Å². The van der Waals surface area contributed by atoms with Gasteiger partial charge in [-0.2, -0.15) is 0 Å². The average molecular weight is 523 g/mol. The standard InChI is InChI=1S/C27H30N4O7/c1-17-6-8-19(9-7-17)12-29-26(35)24(16-37-21-5-3-4-20(11-21)14-32)28-13-25(34)23(15-33)30-27(36)22-10-18(2)38-31-22/h3-11,14-15,23-25,28,34H,12-13,16H2,1-2H3,(H,29,35)(H,30,36)/t23-,24+,25+/m1/s1. The van der Waals surface area contributed by atoms with E-state index in [0.717, 1.165) is 11.1 Å². The minimum Gasteiger partial charge on any atom is -0.491 e. The van der Waals surface area contributed by atoms with Crippen molar-refractivity contribution < 1.29 is 33.5 Å². The molecule has 3 rings (SSSR count). The molecule has 0 aliphatic carbocycles. The van der Waals surface area contributed by atoms with Crippen LogP contribution in [0.4, 0.5) is 0 Å². The molecule has 0 radical (unpaired) electrons. The molecule has 0 bridgehead atoms. The van der Waals surface area contributed by atoms with E-state index in [1.165, 1.54) is 12.1 Å². The molecule has 3 atom stereocenters. The molecule has 4 N–H and O–H groups in total. The molecular weight excluding hydrogens is 492 g/mol. The number of rotatable bonds is 14. The van der Waals surface area contributed by atoms with E-state index >= 15 is 0 Å². The number of aliphatic hydroxyl groups excluding tert-OH is 1. The molecule has 0 saturated carbocycles. The van der Waals surface area contributed by atoms with Crippen LogP contribution >= 0.6 is 0 Å². The second-order valence-corrected chi connectivity index (χ2v) is 8.69. The molecule has 0 saturated heterocycles. The van der Waals surface area contributed by atoms with Crippen LogP contribution in [0.1, 0.15) is 37.7 Å². The topological polar surface area (TPSA) is 160 Å². The minimum atomic E-state index is -1.37. The molecule has 2 aromatic carbocycles. The van der Waals surface area contributed by atoms with E-state index in [0.29, 0.717) is 29.6 Å². The first-order valence-electron chi connectivity index (χ1n) is 11.9. The number of ether oxygens (including phenoxy) is 1. The van der Waals surface area contributed by atoms with Crippen molar-refractivity contribution in [1.82, 2.24) is 21.1 Å². The predicted molar refractivity (Wildman–Crippen MR) is 137 cm³/mol.